The molecule has 0 aliphatic heterocycles. The lowest BCUT2D eigenvalue weighted by molar-refractivity contribution is -0.140. The van der Waals surface area contributed by atoms with Gasteiger partial charge in [0.2, 0.25) is 11.8 Å². The van der Waals surface area contributed by atoms with Gasteiger partial charge in [-0.2, -0.15) is 13.2 Å². The molecule has 3 amide bonds. The van der Waals surface area contributed by atoms with Crippen molar-refractivity contribution < 1.29 is 41.4 Å². The quantitative estimate of drug-likeness (QED) is 0.189. The van der Waals surface area contributed by atoms with E-state index in [1.807, 2.05) is 6.92 Å². The van der Waals surface area contributed by atoms with Gasteiger partial charge < -0.3 is 24.6 Å². The molecule has 0 radical (unpaired) electrons. The third-order valence-corrected chi connectivity index (χ3v) is 7.85. The molecule has 266 valence electrons. The number of fused-ring (bicyclic) bond motifs is 1. The van der Waals surface area contributed by atoms with Gasteiger partial charge in [0.1, 0.15) is 17.4 Å². The summed E-state index contributed by atoms with van der Waals surface area (Å²) < 4.78 is 66.1. The van der Waals surface area contributed by atoms with Crippen molar-refractivity contribution in [2.75, 3.05) is 40.4 Å². The fraction of sp³-hybridized carbons (Fsp3) is 0.343. The minimum Gasteiger partial charge on any atom is -0.494 e. The first-order chi connectivity index (χ1) is 23.7. The number of para-hydroxylation sites is 1. The second kappa shape index (κ2) is 16.3. The maximum atomic E-state index is 14.5. The van der Waals surface area contributed by atoms with Crippen molar-refractivity contribution in [1.29, 1.82) is 0 Å². The predicted octanol–water partition coefficient (Wildman–Crippen LogP) is 5.28. The zero-order valence-corrected chi connectivity index (χ0v) is 27.9. The highest BCUT2D eigenvalue weighted by molar-refractivity contribution is 5.80. The summed E-state index contributed by atoms with van der Waals surface area (Å²) in [6.45, 7) is 3.33. The highest BCUT2D eigenvalue weighted by Gasteiger charge is 2.35. The van der Waals surface area contributed by atoms with Crippen LogP contribution in [0.1, 0.15) is 43.3 Å². The molecular formula is C35H37F4N5O6. The van der Waals surface area contributed by atoms with Crippen molar-refractivity contribution in [3.63, 3.8) is 0 Å². The number of rotatable bonds is 13. The Labute approximate surface area is 285 Å². The number of carbonyl (C=O) groups excluding carboxylic acids is 3. The molecule has 4 rings (SSSR count). The Balaban J connectivity index is 1.91. The van der Waals surface area contributed by atoms with Crippen LogP contribution < -0.4 is 15.6 Å². The second-order valence-corrected chi connectivity index (χ2v) is 11.3. The molecule has 4 aromatic rings. The SMILES string of the molecule is CCOc1ccc(-n2c(C(CCN(C)C(=O)OC)N(CCNC(C)=O)C(=O)Cc3ccc(C(F)(F)F)c(F)c3)nc3ccccc3c2=O)cc1. The summed E-state index contributed by atoms with van der Waals surface area (Å²) in [5.41, 5.74) is -1.26. The van der Waals surface area contributed by atoms with Gasteiger partial charge in [0.15, 0.2) is 0 Å². The molecule has 15 heteroatoms. The lowest BCUT2D eigenvalue weighted by Crippen LogP contribution is -2.44. The van der Waals surface area contributed by atoms with Crippen molar-refractivity contribution in [2.24, 2.45) is 0 Å². The first-order valence-electron chi connectivity index (χ1n) is 15.7. The molecule has 1 heterocycles. The minimum atomic E-state index is -4.93. The van der Waals surface area contributed by atoms with Crippen LogP contribution >= 0.6 is 0 Å². The molecule has 0 aliphatic carbocycles. The van der Waals surface area contributed by atoms with Gasteiger partial charge in [0.05, 0.1) is 48.3 Å². The number of hydrogen-bond acceptors (Lipinski definition) is 7. The van der Waals surface area contributed by atoms with E-state index in [9.17, 15) is 36.7 Å². The third kappa shape index (κ3) is 8.95. The van der Waals surface area contributed by atoms with Crippen molar-refractivity contribution in [1.82, 2.24) is 24.7 Å². The molecule has 3 aromatic carbocycles. The third-order valence-electron chi connectivity index (χ3n) is 7.85. The van der Waals surface area contributed by atoms with E-state index in [1.54, 1.807) is 48.5 Å². The molecule has 0 bridgehead atoms. The van der Waals surface area contributed by atoms with Crippen LogP contribution in [0.5, 0.6) is 5.75 Å². The van der Waals surface area contributed by atoms with Crippen LogP contribution in [-0.2, 0) is 26.9 Å². The average Bonchev–Trinajstić information content (AvgIpc) is 3.07. The summed E-state index contributed by atoms with van der Waals surface area (Å²) in [4.78, 5) is 60.0. The van der Waals surface area contributed by atoms with Crippen LogP contribution in [0.15, 0.2) is 71.5 Å². The zero-order valence-electron chi connectivity index (χ0n) is 27.9. The second-order valence-electron chi connectivity index (χ2n) is 11.3. The predicted molar refractivity (Wildman–Crippen MR) is 176 cm³/mol. The van der Waals surface area contributed by atoms with Crippen molar-refractivity contribution in [3.8, 4) is 11.4 Å². The van der Waals surface area contributed by atoms with E-state index in [0.29, 0.717) is 35.7 Å². The Morgan fingerprint density at radius 1 is 1.02 bits per heavy atom. The Morgan fingerprint density at radius 2 is 1.72 bits per heavy atom. The number of amides is 3. The molecule has 0 aliphatic rings. The van der Waals surface area contributed by atoms with E-state index in [2.05, 4.69) is 5.32 Å². The first-order valence-corrected chi connectivity index (χ1v) is 15.7. The maximum Gasteiger partial charge on any atom is 0.419 e. The number of benzene rings is 3. The van der Waals surface area contributed by atoms with E-state index in [4.69, 9.17) is 14.5 Å². The molecule has 1 atom stereocenters. The summed E-state index contributed by atoms with van der Waals surface area (Å²) in [5, 5.41) is 2.91. The van der Waals surface area contributed by atoms with Gasteiger partial charge in [-0.15, -0.1) is 0 Å². The van der Waals surface area contributed by atoms with Crippen LogP contribution in [0.3, 0.4) is 0 Å². The van der Waals surface area contributed by atoms with E-state index < -0.39 is 47.6 Å². The van der Waals surface area contributed by atoms with Gasteiger partial charge in [0, 0.05) is 33.6 Å². The Morgan fingerprint density at radius 3 is 2.34 bits per heavy atom. The summed E-state index contributed by atoms with van der Waals surface area (Å²) in [6, 6.07) is 14.4. The fourth-order valence-electron chi connectivity index (χ4n) is 5.45. The molecule has 1 unspecified atom stereocenters. The Kier molecular flexibility index (Phi) is 12.2. The number of halogens is 4. The number of nitrogens with zero attached hydrogens (tertiary/aromatic N) is 4. The molecule has 11 nitrogen and oxygen atoms in total. The lowest BCUT2D eigenvalue weighted by Gasteiger charge is -2.34. The van der Waals surface area contributed by atoms with Crippen LogP contribution in [-0.4, -0.2) is 77.7 Å². The molecular weight excluding hydrogens is 662 g/mol. The smallest absolute Gasteiger partial charge is 0.419 e. The highest BCUT2D eigenvalue weighted by atomic mass is 19.4. The van der Waals surface area contributed by atoms with Crippen LogP contribution in [0, 0.1) is 5.82 Å². The molecule has 0 saturated carbocycles. The summed E-state index contributed by atoms with van der Waals surface area (Å²) >= 11 is 0. The first kappa shape index (κ1) is 37.4. The van der Waals surface area contributed by atoms with Gasteiger partial charge >= 0.3 is 12.3 Å². The number of alkyl halides is 3. The van der Waals surface area contributed by atoms with E-state index in [0.717, 1.165) is 6.07 Å². The number of hydrogen-bond donors (Lipinski definition) is 1. The number of carbonyl (C=O) groups is 3. The van der Waals surface area contributed by atoms with Gasteiger partial charge in [-0.1, -0.05) is 18.2 Å². The molecule has 1 N–H and O–H groups in total. The Hall–Kier alpha value is -5.47. The number of methoxy groups -OCH3 is 1. The summed E-state index contributed by atoms with van der Waals surface area (Å²) in [5.74, 6) is -1.94. The number of ether oxygens (including phenoxy) is 2. The minimum absolute atomic E-state index is 0.000589. The fourth-order valence-corrected chi connectivity index (χ4v) is 5.45. The average molecular weight is 700 g/mol. The van der Waals surface area contributed by atoms with Gasteiger partial charge in [-0.25, -0.2) is 14.2 Å². The maximum absolute atomic E-state index is 14.5. The summed E-state index contributed by atoms with van der Waals surface area (Å²) in [7, 11) is 2.68. The highest BCUT2D eigenvalue weighted by Crippen LogP contribution is 2.32. The van der Waals surface area contributed by atoms with E-state index >= 15 is 0 Å². The number of nitrogens with one attached hydrogen (secondary N) is 1. The molecule has 0 spiro atoms. The van der Waals surface area contributed by atoms with E-state index in [1.165, 1.54) is 35.4 Å². The van der Waals surface area contributed by atoms with Crippen molar-refractivity contribution in [2.45, 2.75) is 38.9 Å². The van der Waals surface area contributed by atoms with Crippen LogP contribution in [0.25, 0.3) is 16.6 Å². The zero-order chi connectivity index (χ0) is 36.6. The molecule has 0 fully saturated rings. The van der Waals surface area contributed by atoms with Gasteiger partial charge in [-0.05, 0) is 67.4 Å². The normalized spacial score (nSPS) is 11.9. The topological polar surface area (TPSA) is 123 Å². The number of aromatic nitrogens is 2. The summed E-state index contributed by atoms with van der Waals surface area (Å²) in [6.07, 6.45) is -6.13. The van der Waals surface area contributed by atoms with E-state index in [-0.39, 0.29) is 48.7 Å². The molecule has 1 aromatic heterocycles. The van der Waals surface area contributed by atoms with Crippen molar-refractivity contribution in [3.05, 3.63) is 99.9 Å². The standard InChI is InChI=1S/C35H37F4N5O6/c1-5-50-25-13-11-24(12-14-25)44-32(41-29-9-7-6-8-26(29)33(44)47)30(16-18-42(3)34(48)49-4)43(19-17-40-22(2)45)31(46)21-23-10-15-27(28(36)20-23)35(37,38)39/h6-15,20,30H,5,16-19,21H2,1-4H3,(H,40,45). The monoisotopic (exact) mass is 699 g/mol. The Bertz CT molecular complexity index is 1900. The van der Waals surface area contributed by atoms with Crippen LogP contribution in [0.2, 0.25) is 0 Å². The van der Waals surface area contributed by atoms with Crippen LogP contribution in [0.4, 0.5) is 22.4 Å². The lowest BCUT2D eigenvalue weighted by atomic mass is 10.0. The van der Waals surface area contributed by atoms with Crippen molar-refractivity contribution >= 4 is 28.8 Å². The van der Waals surface area contributed by atoms with Gasteiger partial charge in [0.25, 0.3) is 5.56 Å². The van der Waals surface area contributed by atoms with Gasteiger partial charge in [-0.3, -0.25) is 19.0 Å². The molecule has 50 heavy (non-hydrogen) atoms. The molecule has 0 saturated heterocycles. The largest absolute Gasteiger partial charge is 0.494 e.